The van der Waals surface area contributed by atoms with E-state index in [1.807, 2.05) is 29.3 Å². The molecule has 1 N–H and O–H groups in total. The van der Waals surface area contributed by atoms with Gasteiger partial charge >= 0.3 is 0 Å². The Morgan fingerprint density at radius 2 is 1.77 bits per heavy atom. The third kappa shape index (κ3) is 4.10. The van der Waals surface area contributed by atoms with Crippen molar-refractivity contribution in [3.63, 3.8) is 0 Å². The molecule has 2 aromatic carbocycles. The Bertz CT molecular complexity index is 999. The van der Waals surface area contributed by atoms with Crippen molar-refractivity contribution in [2.75, 3.05) is 18.1 Å². The number of hydrogen-bond acceptors (Lipinski definition) is 4. The number of nitrogens with zero attached hydrogens (tertiary/aromatic N) is 3. The summed E-state index contributed by atoms with van der Waals surface area (Å²) < 4.78 is 1.18. The van der Waals surface area contributed by atoms with Crippen LogP contribution in [0.25, 0.3) is 0 Å². The van der Waals surface area contributed by atoms with Crippen LogP contribution in [0, 0.1) is 21.3 Å². The number of hydrazine groups is 1. The van der Waals surface area contributed by atoms with Crippen LogP contribution in [0.5, 0.6) is 0 Å². The second-order valence-electron chi connectivity index (χ2n) is 8.86. The maximum absolute atomic E-state index is 13.3. The number of halogens is 2. The molecule has 1 saturated carbocycles. The summed E-state index contributed by atoms with van der Waals surface area (Å²) in [5.41, 5.74) is 5.64. The Labute approximate surface area is 201 Å². The zero-order chi connectivity index (χ0) is 21.5. The molecule has 7 heteroatoms. The second kappa shape index (κ2) is 8.71. The molecule has 4 unspecified atom stereocenters. The zero-order valence-corrected chi connectivity index (χ0v) is 20.4. The van der Waals surface area contributed by atoms with E-state index >= 15 is 0 Å². The van der Waals surface area contributed by atoms with E-state index < -0.39 is 0 Å². The van der Waals surface area contributed by atoms with Gasteiger partial charge < -0.3 is 0 Å². The first-order valence-electron chi connectivity index (χ1n) is 10.9. The largest absolute Gasteiger partial charge is 0.284 e. The number of nitrogens with one attached hydrogen (secondary N) is 1. The van der Waals surface area contributed by atoms with E-state index in [0.29, 0.717) is 10.7 Å². The fourth-order valence-electron chi connectivity index (χ4n) is 5.34. The predicted octanol–water partition coefficient (Wildman–Crippen LogP) is 5.26. The van der Waals surface area contributed by atoms with Gasteiger partial charge in [-0.1, -0.05) is 49.2 Å². The molecule has 1 saturated heterocycles. The van der Waals surface area contributed by atoms with Crippen molar-refractivity contribution in [1.29, 1.82) is 0 Å². The van der Waals surface area contributed by atoms with E-state index in [1.165, 1.54) is 22.8 Å². The van der Waals surface area contributed by atoms with Crippen LogP contribution in [-0.4, -0.2) is 29.7 Å². The summed E-state index contributed by atoms with van der Waals surface area (Å²) in [6.07, 6.45) is 3.89. The Morgan fingerprint density at radius 1 is 1.10 bits per heavy atom. The van der Waals surface area contributed by atoms with Gasteiger partial charge in [0.25, 0.3) is 5.91 Å². The number of rotatable bonds is 4. The average molecular weight is 549 g/mol. The standard InChI is InChI=1S/C24H26ClIN4O/c1-15-22(24(31)28-29-13-17-5-4-6-18(17)14-29)27-30(21-8-3-2-7-20(21)25)23(15)16-9-11-19(26)12-10-16/h2-3,7-12,15,17-18,23H,4-6,13-14H2,1H3,(H,28,31). The minimum absolute atomic E-state index is 0.0709. The Kier molecular flexibility index (Phi) is 5.96. The molecule has 3 aliphatic rings. The molecule has 2 fully saturated rings. The highest BCUT2D eigenvalue weighted by molar-refractivity contribution is 14.1. The molecule has 5 rings (SSSR count). The van der Waals surface area contributed by atoms with Crippen molar-refractivity contribution in [2.24, 2.45) is 22.9 Å². The second-order valence-corrected chi connectivity index (χ2v) is 10.5. The molecule has 0 aromatic heterocycles. The number of carbonyl (C=O) groups excluding carboxylic acids is 1. The summed E-state index contributed by atoms with van der Waals surface area (Å²) in [6.45, 7) is 3.98. The number of carbonyl (C=O) groups is 1. The van der Waals surface area contributed by atoms with Gasteiger partial charge in [-0.2, -0.15) is 5.10 Å². The molecule has 5 nitrogen and oxygen atoms in total. The average Bonchev–Trinajstić information content (AvgIpc) is 3.43. The lowest BCUT2D eigenvalue weighted by molar-refractivity contribution is -0.119. The van der Waals surface area contributed by atoms with Crippen molar-refractivity contribution < 1.29 is 4.79 Å². The molecule has 2 aromatic rings. The molecular formula is C24H26ClIN4O. The molecule has 0 radical (unpaired) electrons. The maximum Gasteiger partial charge on any atom is 0.282 e. The highest BCUT2D eigenvalue weighted by Gasteiger charge is 2.42. The lowest BCUT2D eigenvalue weighted by atomic mass is 9.91. The van der Waals surface area contributed by atoms with Gasteiger partial charge in [0.2, 0.25) is 0 Å². The molecule has 1 amide bonds. The van der Waals surface area contributed by atoms with Gasteiger partial charge in [-0.15, -0.1) is 0 Å². The Morgan fingerprint density at radius 3 is 2.45 bits per heavy atom. The van der Waals surface area contributed by atoms with Gasteiger partial charge in [-0.25, -0.2) is 5.01 Å². The number of hydrazone groups is 1. The first kappa shape index (κ1) is 21.2. The van der Waals surface area contributed by atoms with Crippen LogP contribution in [0.15, 0.2) is 53.6 Å². The SMILES string of the molecule is CC1C(C(=O)NN2CC3CCCC3C2)=NN(c2ccccc2Cl)C1c1ccc(I)cc1. The lowest BCUT2D eigenvalue weighted by Crippen LogP contribution is -2.45. The zero-order valence-electron chi connectivity index (χ0n) is 17.5. The minimum atomic E-state index is -0.0995. The van der Waals surface area contributed by atoms with E-state index in [4.69, 9.17) is 16.7 Å². The number of benzene rings is 2. The molecule has 162 valence electrons. The van der Waals surface area contributed by atoms with Crippen molar-refractivity contribution in [1.82, 2.24) is 10.4 Å². The third-order valence-electron chi connectivity index (χ3n) is 6.91. The number of para-hydroxylation sites is 1. The topological polar surface area (TPSA) is 47.9 Å². The fraction of sp³-hybridized carbons (Fsp3) is 0.417. The highest BCUT2D eigenvalue weighted by Crippen LogP contribution is 2.42. The van der Waals surface area contributed by atoms with Crippen LogP contribution < -0.4 is 10.4 Å². The van der Waals surface area contributed by atoms with E-state index in [9.17, 15) is 4.79 Å². The lowest BCUT2D eigenvalue weighted by Gasteiger charge is -2.27. The molecule has 2 aliphatic heterocycles. The van der Waals surface area contributed by atoms with E-state index in [0.717, 1.165) is 36.2 Å². The monoisotopic (exact) mass is 548 g/mol. The first-order valence-corrected chi connectivity index (χ1v) is 12.4. The number of amides is 1. The van der Waals surface area contributed by atoms with Crippen LogP contribution in [0.2, 0.25) is 5.02 Å². The van der Waals surface area contributed by atoms with E-state index in [1.54, 1.807) is 0 Å². The first-order chi connectivity index (χ1) is 15.0. The molecule has 0 spiro atoms. The maximum atomic E-state index is 13.3. The van der Waals surface area contributed by atoms with Gasteiger partial charge in [-0.05, 0) is 77.1 Å². The van der Waals surface area contributed by atoms with Gasteiger partial charge in [0.05, 0.1) is 16.8 Å². The predicted molar refractivity (Wildman–Crippen MR) is 133 cm³/mol. The summed E-state index contributed by atoms with van der Waals surface area (Å²) in [4.78, 5) is 13.3. The summed E-state index contributed by atoms with van der Waals surface area (Å²) in [5, 5.41) is 9.47. The van der Waals surface area contributed by atoms with Gasteiger partial charge in [0, 0.05) is 22.6 Å². The van der Waals surface area contributed by atoms with Gasteiger partial charge in [0.1, 0.15) is 5.71 Å². The molecule has 4 atom stereocenters. The van der Waals surface area contributed by atoms with Gasteiger partial charge in [-0.3, -0.25) is 15.2 Å². The molecule has 31 heavy (non-hydrogen) atoms. The third-order valence-corrected chi connectivity index (χ3v) is 7.95. The van der Waals surface area contributed by atoms with Crippen LogP contribution in [0.3, 0.4) is 0 Å². The quantitative estimate of drug-likeness (QED) is 0.530. The summed E-state index contributed by atoms with van der Waals surface area (Å²) in [5.74, 6) is 1.28. The highest BCUT2D eigenvalue weighted by atomic mass is 127. The van der Waals surface area contributed by atoms with Crippen molar-refractivity contribution >= 4 is 51.5 Å². The number of fused-ring (bicyclic) bond motifs is 1. The molecular weight excluding hydrogens is 523 g/mol. The summed E-state index contributed by atoms with van der Waals surface area (Å²) in [6, 6.07) is 16.0. The Hall–Kier alpha value is -1.64. The van der Waals surface area contributed by atoms with Crippen LogP contribution in [0.1, 0.15) is 37.8 Å². The molecule has 1 aliphatic carbocycles. The van der Waals surface area contributed by atoms with Crippen molar-refractivity contribution in [3.8, 4) is 0 Å². The Balaban J connectivity index is 1.43. The van der Waals surface area contributed by atoms with Crippen molar-refractivity contribution in [3.05, 3.63) is 62.7 Å². The van der Waals surface area contributed by atoms with Crippen LogP contribution in [-0.2, 0) is 4.79 Å². The van der Waals surface area contributed by atoms with Crippen molar-refractivity contribution in [2.45, 2.75) is 32.2 Å². The van der Waals surface area contributed by atoms with Crippen LogP contribution in [0.4, 0.5) is 5.69 Å². The number of anilines is 1. The summed E-state index contributed by atoms with van der Waals surface area (Å²) in [7, 11) is 0. The molecule has 0 bridgehead atoms. The molecule has 2 heterocycles. The van der Waals surface area contributed by atoms with E-state index in [-0.39, 0.29) is 17.9 Å². The smallest absolute Gasteiger partial charge is 0.282 e. The van der Waals surface area contributed by atoms with E-state index in [2.05, 4.69) is 64.2 Å². The summed E-state index contributed by atoms with van der Waals surface area (Å²) >= 11 is 8.84. The van der Waals surface area contributed by atoms with Crippen LogP contribution >= 0.6 is 34.2 Å². The minimum Gasteiger partial charge on any atom is -0.284 e. The fourth-order valence-corrected chi connectivity index (χ4v) is 5.92. The number of hydrogen-bond donors (Lipinski definition) is 1. The normalized spacial score (nSPS) is 28.0. The van der Waals surface area contributed by atoms with Gasteiger partial charge in [0.15, 0.2) is 0 Å².